The molecule has 0 aliphatic carbocycles. The summed E-state index contributed by atoms with van der Waals surface area (Å²) in [7, 11) is 2.83. The van der Waals surface area contributed by atoms with Crippen LogP contribution in [0.2, 0.25) is 0 Å². The monoisotopic (exact) mass is 537 g/mol. The summed E-state index contributed by atoms with van der Waals surface area (Å²) < 4.78 is 16.2. The van der Waals surface area contributed by atoms with Gasteiger partial charge in [-0.2, -0.15) is 4.98 Å². The van der Waals surface area contributed by atoms with E-state index in [0.717, 1.165) is 29.6 Å². The molecule has 14 heteroatoms. The number of hydrogen-bond acceptors (Lipinski definition) is 11. The predicted molar refractivity (Wildman–Crippen MR) is 141 cm³/mol. The van der Waals surface area contributed by atoms with Crippen molar-refractivity contribution in [3.63, 3.8) is 0 Å². The maximum Gasteiger partial charge on any atom is 0.336 e. The van der Waals surface area contributed by atoms with Gasteiger partial charge in [-0.1, -0.05) is 11.8 Å². The highest BCUT2D eigenvalue weighted by molar-refractivity contribution is 7.99. The van der Waals surface area contributed by atoms with Gasteiger partial charge >= 0.3 is 5.63 Å². The lowest BCUT2D eigenvalue weighted by atomic mass is 10.1. The Balaban J connectivity index is 0.000000502. The highest BCUT2D eigenvalue weighted by atomic mass is 32.2. The van der Waals surface area contributed by atoms with Crippen LogP contribution in [-0.4, -0.2) is 57.2 Å². The van der Waals surface area contributed by atoms with Crippen LogP contribution in [0.4, 0.5) is 5.95 Å². The van der Waals surface area contributed by atoms with E-state index in [1.165, 1.54) is 23.9 Å². The second kappa shape index (κ2) is 14.5. The van der Waals surface area contributed by atoms with Crippen LogP contribution < -0.4 is 16.9 Å². The molecule has 0 amide bonds. The summed E-state index contributed by atoms with van der Waals surface area (Å²) in [6, 6.07) is 6.90. The van der Waals surface area contributed by atoms with Crippen molar-refractivity contribution in [2.24, 2.45) is 0 Å². The van der Waals surface area contributed by atoms with Gasteiger partial charge in [-0.3, -0.25) is 14.3 Å². The molecule has 0 saturated heterocycles. The van der Waals surface area contributed by atoms with Gasteiger partial charge in [-0.25, -0.2) is 9.78 Å². The van der Waals surface area contributed by atoms with Crippen molar-refractivity contribution in [3.05, 3.63) is 56.7 Å². The summed E-state index contributed by atoms with van der Waals surface area (Å²) in [6.45, 7) is 4.33. The lowest BCUT2D eigenvalue weighted by Crippen LogP contribution is -2.11. The van der Waals surface area contributed by atoms with E-state index >= 15 is 0 Å². The first-order valence-electron chi connectivity index (χ1n) is 10.5. The maximum absolute atomic E-state index is 12.2. The zero-order chi connectivity index (χ0) is 26.7. The van der Waals surface area contributed by atoms with E-state index in [4.69, 9.17) is 24.9 Å². The van der Waals surface area contributed by atoms with E-state index in [0.29, 0.717) is 10.7 Å². The van der Waals surface area contributed by atoms with Crippen LogP contribution in [0.25, 0.3) is 28.3 Å². The predicted octanol–water partition coefficient (Wildman–Crippen LogP) is 2.52. The second-order valence-corrected chi connectivity index (χ2v) is 8.59. The van der Waals surface area contributed by atoms with Gasteiger partial charge < -0.3 is 29.4 Å². The van der Waals surface area contributed by atoms with Crippen molar-refractivity contribution in [3.8, 4) is 0 Å². The van der Waals surface area contributed by atoms with Crippen LogP contribution in [-0.2, 0) is 9.05 Å². The number of fused-ring (bicyclic) bond motifs is 2. The van der Waals surface area contributed by atoms with Crippen LogP contribution in [0, 0.1) is 6.92 Å². The van der Waals surface area contributed by atoms with Crippen LogP contribution in [0.3, 0.4) is 0 Å². The second-order valence-electron chi connectivity index (χ2n) is 6.68. The maximum atomic E-state index is 12.2. The molecule has 3 aromatic heterocycles. The number of nitrogens with one attached hydrogen (secondary N) is 1. The first-order chi connectivity index (χ1) is 17.4. The van der Waals surface area contributed by atoms with Gasteiger partial charge in [-0.15, -0.1) is 0 Å². The highest BCUT2D eigenvalue weighted by Crippen LogP contribution is 2.31. The van der Waals surface area contributed by atoms with E-state index in [-0.39, 0.29) is 32.8 Å². The summed E-state index contributed by atoms with van der Waals surface area (Å²) >= 11 is 1.25. The molecule has 0 aliphatic rings. The third kappa shape index (κ3) is 7.47. The lowest BCUT2D eigenvalue weighted by Gasteiger charge is -2.05. The Morgan fingerprint density at radius 3 is 2.67 bits per heavy atom. The molecule has 4 aromatic rings. The first-order valence-corrected chi connectivity index (χ1v) is 12.1. The molecule has 0 fully saturated rings. The number of imidazole rings is 1. The Hall–Kier alpha value is -3.06. The SMILES string of the molecule is CCOPOC.CO.Cc1cc(=O)oc2cc(Sc3nc4c(=O)[nH]c(N)nc4n3C=CCO)ccc12. The fourth-order valence-electron chi connectivity index (χ4n) is 2.93. The normalized spacial score (nSPS) is 11.2. The molecular formula is C22H28N5O7PS. The van der Waals surface area contributed by atoms with E-state index in [1.807, 2.05) is 26.0 Å². The summed E-state index contributed by atoms with van der Waals surface area (Å²) in [5.74, 6) is -0.0319. The zero-order valence-corrected chi connectivity index (χ0v) is 22.0. The van der Waals surface area contributed by atoms with Crippen molar-refractivity contribution < 1.29 is 23.7 Å². The smallest absolute Gasteiger partial charge is 0.336 e. The fourth-order valence-corrected chi connectivity index (χ4v) is 4.06. The summed E-state index contributed by atoms with van der Waals surface area (Å²) in [5, 5.41) is 17.4. The van der Waals surface area contributed by atoms with Crippen LogP contribution in [0.1, 0.15) is 12.5 Å². The molecule has 12 nitrogen and oxygen atoms in total. The number of nitrogen functional groups attached to an aromatic ring is 1. The van der Waals surface area contributed by atoms with Crippen molar-refractivity contribution in [2.75, 3.05) is 33.2 Å². The number of aromatic nitrogens is 4. The van der Waals surface area contributed by atoms with Crippen molar-refractivity contribution in [2.45, 2.75) is 23.9 Å². The van der Waals surface area contributed by atoms with Gasteiger partial charge in [-0.05, 0) is 43.7 Å². The molecule has 194 valence electrons. The molecule has 1 aromatic carbocycles. The Kier molecular flexibility index (Phi) is 11.7. The zero-order valence-electron chi connectivity index (χ0n) is 20.1. The quantitative estimate of drug-likeness (QED) is 0.155. The summed E-state index contributed by atoms with van der Waals surface area (Å²) in [5.41, 5.74) is 6.46. The number of nitrogens with zero attached hydrogens (tertiary/aromatic N) is 3. The van der Waals surface area contributed by atoms with E-state index in [2.05, 4.69) is 19.5 Å². The number of benzene rings is 1. The average molecular weight is 538 g/mol. The molecule has 0 saturated carbocycles. The number of rotatable bonds is 7. The van der Waals surface area contributed by atoms with Gasteiger partial charge in [0.15, 0.2) is 25.4 Å². The lowest BCUT2D eigenvalue weighted by molar-refractivity contribution is 0.318. The Morgan fingerprint density at radius 1 is 1.28 bits per heavy atom. The van der Waals surface area contributed by atoms with Crippen LogP contribution >= 0.6 is 20.8 Å². The van der Waals surface area contributed by atoms with Crippen LogP contribution in [0.5, 0.6) is 0 Å². The average Bonchev–Trinajstić information content (AvgIpc) is 3.19. The van der Waals surface area contributed by atoms with Gasteiger partial charge in [0.1, 0.15) is 5.58 Å². The number of H-pyrrole nitrogens is 1. The van der Waals surface area contributed by atoms with Crippen molar-refractivity contribution in [1.29, 1.82) is 0 Å². The molecule has 3 heterocycles. The summed E-state index contributed by atoms with van der Waals surface area (Å²) in [4.78, 5) is 35.5. The van der Waals surface area contributed by atoms with Gasteiger partial charge in [0.25, 0.3) is 5.56 Å². The Bertz CT molecular complexity index is 1430. The van der Waals surface area contributed by atoms with Gasteiger partial charge in [0, 0.05) is 36.8 Å². The fraction of sp³-hybridized carbons (Fsp3) is 0.273. The topological polar surface area (TPSA) is 179 Å². The Morgan fingerprint density at radius 2 is 2.03 bits per heavy atom. The first kappa shape index (κ1) is 29.2. The number of aliphatic hydroxyl groups is 2. The van der Waals surface area contributed by atoms with Crippen LogP contribution in [0.15, 0.2) is 54.4 Å². The molecule has 0 bridgehead atoms. The number of aromatic amines is 1. The minimum Gasteiger partial charge on any atom is -0.423 e. The summed E-state index contributed by atoms with van der Waals surface area (Å²) in [6.07, 6.45) is 3.06. The number of hydrogen-bond donors (Lipinski definition) is 4. The number of aliphatic hydroxyl groups excluding tert-OH is 2. The van der Waals surface area contributed by atoms with Crippen molar-refractivity contribution >= 4 is 55.1 Å². The molecule has 0 radical (unpaired) electrons. The minimum absolute atomic E-state index is 0.0319. The third-order valence-corrected chi connectivity index (χ3v) is 5.85. The molecule has 4 rings (SSSR count). The molecular weight excluding hydrogens is 509 g/mol. The molecule has 0 aliphatic heterocycles. The highest BCUT2D eigenvalue weighted by Gasteiger charge is 2.16. The van der Waals surface area contributed by atoms with E-state index < -0.39 is 11.2 Å². The molecule has 1 unspecified atom stereocenters. The van der Waals surface area contributed by atoms with Gasteiger partial charge in [0.2, 0.25) is 5.95 Å². The molecule has 1 atom stereocenters. The Labute approximate surface area is 212 Å². The number of aryl methyl sites for hydroxylation is 1. The van der Waals surface area contributed by atoms with Crippen molar-refractivity contribution in [1.82, 2.24) is 19.5 Å². The molecule has 0 spiro atoms. The van der Waals surface area contributed by atoms with Gasteiger partial charge in [0.05, 0.1) is 13.2 Å². The van der Waals surface area contributed by atoms with E-state index in [1.54, 1.807) is 23.9 Å². The molecule has 36 heavy (non-hydrogen) atoms. The number of anilines is 1. The molecule has 5 N–H and O–H groups in total. The standard InChI is InChI=1S/C18H15N5O4S.C3H9O2P.CH4O/c1-9-7-13(25)27-12-8-10(3-4-11(9)12)28-18-20-14-15(23(18)5-2-6-24)21-17(19)22-16(14)26;1-3-5-6-4-2;1-2/h2-5,7-8,24H,6H2,1H3,(H3,19,21,22,26);6H,3H2,1-2H3;2H,1H3. The largest absolute Gasteiger partial charge is 0.423 e. The van der Waals surface area contributed by atoms with E-state index in [9.17, 15) is 9.59 Å². The number of nitrogens with two attached hydrogens (primary N) is 1. The minimum atomic E-state index is -0.458. The third-order valence-electron chi connectivity index (χ3n) is 4.31.